The Morgan fingerprint density at radius 1 is 0.750 bits per heavy atom. The summed E-state index contributed by atoms with van der Waals surface area (Å²) in [4.78, 5) is 0. The van der Waals surface area contributed by atoms with E-state index in [9.17, 15) is 0 Å². The predicted molar refractivity (Wildman–Crippen MR) is 53.8 cm³/mol. The number of hydrogen-bond donors (Lipinski definition) is 0. The summed E-state index contributed by atoms with van der Waals surface area (Å²) in [7, 11) is 0. The van der Waals surface area contributed by atoms with Gasteiger partial charge in [0.2, 0.25) is 0 Å². The third-order valence-electron chi connectivity index (χ3n) is 1.93. The molecule has 0 aliphatic heterocycles. The fraction of sp³-hybridized carbons (Fsp3) is 0.500. The fourth-order valence-electron chi connectivity index (χ4n) is 1.22. The van der Waals surface area contributed by atoms with Gasteiger partial charge in [-0.25, -0.2) is 0 Å². The molecule has 0 nitrogen and oxygen atoms in total. The molecule has 1 aliphatic carbocycles. The molecular formula is C12H17. The zero-order valence-electron chi connectivity index (χ0n) is 7.63. The molecule has 0 saturated carbocycles. The molecule has 0 unspecified atom stereocenters. The van der Waals surface area contributed by atoms with Gasteiger partial charge in [-0.3, -0.25) is 0 Å². The van der Waals surface area contributed by atoms with E-state index >= 15 is 0 Å². The van der Waals surface area contributed by atoms with Gasteiger partial charge in [-0.05, 0) is 44.6 Å². The molecule has 1 radical (unpaired) electrons. The van der Waals surface area contributed by atoms with Crippen LogP contribution in [0.25, 0.3) is 0 Å². The third kappa shape index (κ3) is 4.95. The minimum atomic E-state index is 0.990. The van der Waals surface area contributed by atoms with Gasteiger partial charge in [-0.1, -0.05) is 30.4 Å². The highest BCUT2D eigenvalue weighted by molar-refractivity contribution is 4.92. The van der Waals surface area contributed by atoms with E-state index < -0.39 is 0 Å². The van der Waals surface area contributed by atoms with Gasteiger partial charge in [-0.2, -0.15) is 0 Å². The standard InChI is InChI=1S/C12H17/c1-2-4-6-8-10-12-11-9-7-5-3-1/h1-2,7,9-10H,3-6,8,11H2. The molecule has 65 valence electrons. The smallest absolute Gasteiger partial charge is 0.00979 e. The van der Waals surface area contributed by atoms with Gasteiger partial charge in [0.05, 0.1) is 0 Å². The summed E-state index contributed by atoms with van der Waals surface area (Å²) in [6.45, 7) is 0. The first-order valence-electron chi connectivity index (χ1n) is 4.85. The Hall–Kier alpha value is -0.780. The topological polar surface area (TPSA) is 0 Å². The maximum atomic E-state index is 3.27. The quantitative estimate of drug-likeness (QED) is 0.474. The second-order valence-corrected chi connectivity index (χ2v) is 3.06. The molecule has 0 aromatic rings. The second kappa shape index (κ2) is 6.90. The summed E-state index contributed by atoms with van der Waals surface area (Å²) in [6, 6.07) is 0. The van der Waals surface area contributed by atoms with Crippen LogP contribution < -0.4 is 0 Å². The van der Waals surface area contributed by atoms with Crippen LogP contribution in [0.3, 0.4) is 0 Å². The molecule has 1 rings (SSSR count). The predicted octanol–water partition coefficient (Wildman–Crippen LogP) is 3.81. The Balaban J connectivity index is 2.30. The summed E-state index contributed by atoms with van der Waals surface area (Å²) in [5, 5.41) is 0. The van der Waals surface area contributed by atoms with Gasteiger partial charge >= 0.3 is 0 Å². The lowest BCUT2D eigenvalue weighted by Crippen LogP contribution is -1.73. The Bertz CT molecular complexity index is 172. The van der Waals surface area contributed by atoms with Crippen molar-refractivity contribution in [3.8, 4) is 0 Å². The minimum Gasteiger partial charge on any atom is -0.0885 e. The van der Waals surface area contributed by atoms with Crippen LogP contribution in [0, 0.1) is 6.08 Å². The molecule has 0 heterocycles. The van der Waals surface area contributed by atoms with Crippen molar-refractivity contribution in [2.75, 3.05) is 0 Å². The zero-order chi connectivity index (χ0) is 8.49. The van der Waals surface area contributed by atoms with Crippen LogP contribution in [0.2, 0.25) is 0 Å². The van der Waals surface area contributed by atoms with Gasteiger partial charge in [0.15, 0.2) is 0 Å². The Labute approximate surface area is 75.7 Å². The largest absolute Gasteiger partial charge is 0.0885 e. The molecule has 0 heteroatoms. The van der Waals surface area contributed by atoms with Crippen LogP contribution in [-0.4, -0.2) is 0 Å². The third-order valence-corrected chi connectivity index (χ3v) is 1.93. The van der Waals surface area contributed by atoms with Gasteiger partial charge in [0, 0.05) is 0 Å². The number of allylic oxidation sites excluding steroid dienone is 6. The summed E-state index contributed by atoms with van der Waals surface area (Å²) >= 11 is 0. The maximum absolute atomic E-state index is 3.27. The first kappa shape index (κ1) is 9.31. The van der Waals surface area contributed by atoms with Crippen LogP contribution in [-0.2, 0) is 0 Å². The molecule has 12 heavy (non-hydrogen) atoms. The van der Waals surface area contributed by atoms with Crippen molar-refractivity contribution in [2.45, 2.75) is 38.5 Å². The van der Waals surface area contributed by atoms with Crippen molar-refractivity contribution in [3.63, 3.8) is 0 Å². The molecule has 0 aromatic carbocycles. The van der Waals surface area contributed by atoms with Gasteiger partial charge in [0.25, 0.3) is 0 Å². The number of hydrogen-bond acceptors (Lipinski definition) is 0. The van der Waals surface area contributed by atoms with E-state index in [1.54, 1.807) is 0 Å². The second-order valence-electron chi connectivity index (χ2n) is 3.06. The molecule has 0 fully saturated rings. The van der Waals surface area contributed by atoms with Crippen molar-refractivity contribution < 1.29 is 0 Å². The Morgan fingerprint density at radius 2 is 1.50 bits per heavy atom. The van der Waals surface area contributed by atoms with E-state index in [4.69, 9.17) is 0 Å². The lowest BCUT2D eigenvalue weighted by atomic mass is 10.1. The normalized spacial score (nSPS) is 20.0. The van der Waals surface area contributed by atoms with Gasteiger partial charge in [0.1, 0.15) is 0 Å². The highest BCUT2D eigenvalue weighted by atomic mass is 13.9. The van der Waals surface area contributed by atoms with Crippen LogP contribution in [0.5, 0.6) is 0 Å². The van der Waals surface area contributed by atoms with Crippen molar-refractivity contribution in [3.05, 3.63) is 36.5 Å². The lowest BCUT2D eigenvalue weighted by Gasteiger charge is -1.92. The van der Waals surface area contributed by atoms with Gasteiger partial charge < -0.3 is 0 Å². The van der Waals surface area contributed by atoms with Crippen LogP contribution in [0.1, 0.15) is 38.5 Å². The maximum Gasteiger partial charge on any atom is -0.00979 e. The summed E-state index contributed by atoms with van der Waals surface area (Å²) in [6.07, 6.45) is 21.5. The molecule has 0 spiro atoms. The van der Waals surface area contributed by atoms with E-state index in [0.717, 1.165) is 6.42 Å². The van der Waals surface area contributed by atoms with E-state index in [0.29, 0.717) is 0 Å². The zero-order valence-corrected chi connectivity index (χ0v) is 7.63. The molecule has 0 aromatic heterocycles. The summed E-state index contributed by atoms with van der Waals surface area (Å²) in [5.74, 6) is 0. The average Bonchev–Trinajstić information content (AvgIpc) is 2.05. The van der Waals surface area contributed by atoms with Crippen LogP contribution in [0.15, 0.2) is 30.4 Å². The summed E-state index contributed by atoms with van der Waals surface area (Å²) < 4.78 is 0. The van der Waals surface area contributed by atoms with Gasteiger partial charge in [-0.15, -0.1) is 0 Å². The van der Waals surface area contributed by atoms with E-state index in [-0.39, 0.29) is 0 Å². The molecule has 0 saturated heterocycles. The summed E-state index contributed by atoms with van der Waals surface area (Å²) in [5.41, 5.74) is 0. The van der Waals surface area contributed by atoms with Crippen molar-refractivity contribution in [1.29, 1.82) is 0 Å². The Morgan fingerprint density at radius 3 is 2.42 bits per heavy atom. The SMILES string of the molecule is [C]1=CCCCC=CCCC=CC1. The fourth-order valence-corrected chi connectivity index (χ4v) is 1.22. The van der Waals surface area contributed by atoms with Crippen molar-refractivity contribution in [1.82, 2.24) is 0 Å². The Kier molecular flexibility index (Phi) is 5.35. The van der Waals surface area contributed by atoms with Crippen molar-refractivity contribution in [2.24, 2.45) is 0 Å². The molecular weight excluding hydrogens is 144 g/mol. The minimum absolute atomic E-state index is 0.990. The molecule has 0 N–H and O–H groups in total. The molecule has 0 bridgehead atoms. The highest BCUT2D eigenvalue weighted by Gasteiger charge is 1.83. The molecule has 0 atom stereocenters. The first-order valence-corrected chi connectivity index (χ1v) is 4.85. The first-order chi connectivity index (χ1) is 6.00. The van der Waals surface area contributed by atoms with E-state index in [1.807, 2.05) is 0 Å². The average molecular weight is 161 g/mol. The van der Waals surface area contributed by atoms with E-state index in [2.05, 4.69) is 36.5 Å². The molecule has 0 amide bonds. The van der Waals surface area contributed by atoms with E-state index in [1.165, 1.54) is 32.1 Å². The van der Waals surface area contributed by atoms with Crippen molar-refractivity contribution >= 4 is 0 Å². The molecule has 1 aliphatic rings. The van der Waals surface area contributed by atoms with Crippen LogP contribution >= 0.6 is 0 Å². The monoisotopic (exact) mass is 161 g/mol. The highest BCUT2D eigenvalue weighted by Crippen LogP contribution is 2.02. The number of rotatable bonds is 0. The van der Waals surface area contributed by atoms with Crippen LogP contribution in [0.4, 0.5) is 0 Å². The lowest BCUT2D eigenvalue weighted by molar-refractivity contribution is 0.856.